The second kappa shape index (κ2) is 14.1. The van der Waals surface area contributed by atoms with Crippen LogP contribution in [0.3, 0.4) is 0 Å². The van der Waals surface area contributed by atoms with Gasteiger partial charge in [-0.1, -0.05) is 41.4 Å². The van der Waals surface area contributed by atoms with E-state index >= 15 is 0 Å². The van der Waals surface area contributed by atoms with Crippen LogP contribution < -0.4 is 15.6 Å². The van der Waals surface area contributed by atoms with Gasteiger partial charge in [0.15, 0.2) is 9.84 Å². The Morgan fingerprint density at radius 2 is 1.76 bits per heavy atom. The van der Waals surface area contributed by atoms with E-state index in [1.165, 1.54) is 18.3 Å². The number of aliphatic carboxylic acids is 1. The van der Waals surface area contributed by atoms with Gasteiger partial charge in [0.1, 0.15) is 16.7 Å². The Balaban J connectivity index is 0.00000108. The zero-order valence-electron chi connectivity index (χ0n) is 22.4. The Labute approximate surface area is 246 Å². The number of piperidine rings is 1. The number of pyridine rings is 1. The number of rotatable bonds is 8. The van der Waals surface area contributed by atoms with Crippen molar-refractivity contribution >= 4 is 55.7 Å². The number of carbonyl (C=O) groups is 2. The van der Waals surface area contributed by atoms with Crippen LogP contribution in [0.15, 0.2) is 52.3 Å². The lowest BCUT2D eigenvalue weighted by Gasteiger charge is -2.33. The van der Waals surface area contributed by atoms with Crippen LogP contribution in [0.4, 0.5) is 0 Å². The normalized spacial score (nSPS) is 15.0. The van der Waals surface area contributed by atoms with Gasteiger partial charge in [0.05, 0.1) is 21.7 Å². The van der Waals surface area contributed by atoms with Crippen LogP contribution in [-0.4, -0.2) is 85.0 Å². The second-order valence-electron chi connectivity index (χ2n) is 9.54. The largest absolute Gasteiger partial charge is 0.489 e. The number of aromatic nitrogens is 1. The van der Waals surface area contributed by atoms with E-state index in [0.29, 0.717) is 48.8 Å². The molecule has 1 aromatic heterocycles. The number of carbonyl (C=O) groups excluding carboxylic acids is 1. The van der Waals surface area contributed by atoms with Gasteiger partial charge < -0.3 is 30.2 Å². The average Bonchev–Trinajstić information content (AvgIpc) is 2.90. The third kappa shape index (κ3) is 8.91. The summed E-state index contributed by atoms with van der Waals surface area (Å²) < 4.78 is 30.4. The zero-order valence-corrected chi connectivity index (χ0v) is 24.7. The van der Waals surface area contributed by atoms with Gasteiger partial charge in [0, 0.05) is 56.3 Å². The SMILES string of the molecule is CC(=O)O.CS(=O)(=O)c1c(OC2CCN(C[C@H](O)CNC(=O)c3c[nH]c(=O)c4ccccc34)CC2)ccc(Cl)c1Cl. The molecule has 4 rings (SSSR count). The molecule has 1 saturated heterocycles. The molecular formula is C27H31Cl2N3O8S. The molecule has 0 radical (unpaired) electrons. The van der Waals surface area contributed by atoms with Gasteiger partial charge in [-0.15, -0.1) is 0 Å². The van der Waals surface area contributed by atoms with Crippen molar-refractivity contribution in [3.63, 3.8) is 0 Å². The van der Waals surface area contributed by atoms with Crippen LogP contribution >= 0.6 is 23.2 Å². The summed E-state index contributed by atoms with van der Waals surface area (Å²) in [6.07, 6.45) is 2.64. The number of fused-ring (bicyclic) bond motifs is 1. The fourth-order valence-electron chi connectivity index (χ4n) is 4.41. The number of benzene rings is 2. The number of carboxylic acids is 1. The Hall–Kier alpha value is -3.16. The lowest BCUT2D eigenvalue weighted by molar-refractivity contribution is -0.134. The van der Waals surface area contributed by atoms with E-state index in [2.05, 4.69) is 15.2 Å². The lowest BCUT2D eigenvalue weighted by Crippen LogP contribution is -2.45. The van der Waals surface area contributed by atoms with Crippen LogP contribution in [0.2, 0.25) is 10.0 Å². The lowest BCUT2D eigenvalue weighted by atomic mass is 10.1. The molecule has 1 atom stereocenters. The van der Waals surface area contributed by atoms with Gasteiger partial charge in [-0.3, -0.25) is 14.4 Å². The van der Waals surface area contributed by atoms with Crippen LogP contribution in [-0.2, 0) is 14.6 Å². The van der Waals surface area contributed by atoms with Crippen molar-refractivity contribution in [2.24, 2.45) is 0 Å². The molecule has 11 nitrogen and oxygen atoms in total. The highest BCUT2D eigenvalue weighted by Crippen LogP contribution is 2.37. The first-order valence-electron chi connectivity index (χ1n) is 12.6. The van der Waals surface area contributed by atoms with E-state index in [-0.39, 0.29) is 44.8 Å². The van der Waals surface area contributed by atoms with Crippen molar-refractivity contribution in [1.29, 1.82) is 0 Å². The van der Waals surface area contributed by atoms with Gasteiger partial charge >= 0.3 is 0 Å². The van der Waals surface area contributed by atoms with Crippen LogP contribution in [0.1, 0.15) is 30.1 Å². The van der Waals surface area contributed by atoms with E-state index in [9.17, 15) is 23.1 Å². The van der Waals surface area contributed by atoms with E-state index in [1.807, 2.05) is 0 Å². The van der Waals surface area contributed by atoms with Gasteiger partial charge in [0.25, 0.3) is 17.4 Å². The molecule has 2 heterocycles. The number of ether oxygens (including phenoxy) is 1. The Morgan fingerprint density at radius 3 is 2.37 bits per heavy atom. The van der Waals surface area contributed by atoms with Crippen molar-refractivity contribution in [3.8, 4) is 5.75 Å². The molecule has 0 spiro atoms. The van der Waals surface area contributed by atoms with Crippen LogP contribution in [0, 0.1) is 0 Å². The topological polar surface area (TPSA) is 166 Å². The molecule has 14 heteroatoms. The molecule has 0 aliphatic carbocycles. The van der Waals surface area contributed by atoms with E-state index in [1.54, 1.807) is 24.3 Å². The summed E-state index contributed by atoms with van der Waals surface area (Å²) in [5.41, 5.74) is 0.0578. The number of hydrogen-bond donors (Lipinski definition) is 4. The number of sulfone groups is 1. The fraction of sp³-hybridized carbons (Fsp3) is 0.370. The predicted molar refractivity (Wildman–Crippen MR) is 156 cm³/mol. The summed E-state index contributed by atoms with van der Waals surface area (Å²) in [7, 11) is -3.65. The van der Waals surface area contributed by atoms with Gasteiger partial charge in [-0.2, -0.15) is 0 Å². The summed E-state index contributed by atoms with van der Waals surface area (Å²) in [5.74, 6) is -1.05. The molecule has 2 aromatic carbocycles. The number of amides is 1. The standard InChI is InChI=1S/C25H27Cl2N3O6S.C2H4O2/c1-37(34,35)23-21(7-6-20(26)22(23)27)36-16-8-10-30(11-9-16)14-15(31)12-28-25(33)19-13-29-24(32)18-5-3-2-4-17(18)19;1-2(3)4/h2-7,13,15-16,31H,8-12,14H2,1H3,(H,28,33)(H,29,32);1H3,(H,3,4)/t15-;/m1./s1. The van der Waals surface area contributed by atoms with Crippen molar-refractivity contribution in [2.45, 2.75) is 36.9 Å². The molecular weight excluding hydrogens is 597 g/mol. The number of β-amino-alcohol motifs (C(OH)–C–C–N with tert-alkyl or cyclic N) is 1. The summed E-state index contributed by atoms with van der Waals surface area (Å²) in [4.78, 5) is 38.2. The summed E-state index contributed by atoms with van der Waals surface area (Å²) in [6.45, 7) is 2.72. The molecule has 1 amide bonds. The Morgan fingerprint density at radius 1 is 1.15 bits per heavy atom. The molecule has 1 fully saturated rings. The number of nitrogens with one attached hydrogen (secondary N) is 2. The summed E-state index contributed by atoms with van der Waals surface area (Å²) in [6, 6.07) is 9.85. The molecule has 0 bridgehead atoms. The smallest absolute Gasteiger partial charge is 0.300 e. The first-order chi connectivity index (χ1) is 19.3. The number of likely N-dealkylation sites (tertiary alicyclic amines) is 1. The van der Waals surface area contributed by atoms with Crippen LogP contribution in [0.5, 0.6) is 5.75 Å². The molecule has 4 N–H and O–H groups in total. The molecule has 0 unspecified atom stereocenters. The highest BCUT2D eigenvalue weighted by atomic mass is 35.5. The summed E-state index contributed by atoms with van der Waals surface area (Å²) >= 11 is 12.1. The van der Waals surface area contributed by atoms with Crippen LogP contribution in [0.25, 0.3) is 10.8 Å². The number of aromatic amines is 1. The molecule has 0 saturated carbocycles. The summed E-state index contributed by atoms with van der Waals surface area (Å²) in [5, 5.41) is 21.7. The Bertz CT molecular complexity index is 1570. The molecule has 3 aromatic rings. The average molecular weight is 629 g/mol. The number of aliphatic hydroxyl groups is 1. The van der Waals surface area contributed by atoms with E-state index in [4.69, 9.17) is 37.8 Å². The Kier molecular flexibility index (Phi) is 11.2. The highest BCUT2D eigenvalue weighted by molar-refractivity contribution is 7.91. The molecule has 1 aliphatic heterocycles. The second-order valence-corrected chi connectivity index (χ2v) is 12.3. The number of H-pyrrole nitrogens is 1. The monoisotopic (exact) mass is 627 g/mol. The van der Waals surface area contributed by atoms with Gasteiger partial charge in [-0.05, 0) is 31.0 Å². The van der Waals surface area contributed by atoms with Crippen molar-refractivity contribution in [2.75, 3.05) is 32.4 Å². The first-order valence-corrected chi connectivity index (χ1v) is 15.3. The number of halogens is 2. The zero-order chi connectivity index (χ0) is 30.3. The third-order valence-corrected chi connectivity index (χ3v) is 8.30. The predicted octanol–water partition coefficient (Wildman–Crippen LogP) is 2.96. The van der Waals surface area contributed by atoms with Gasteiger partial charge in [0.2, 0.25) is 0 Å². The number of aliphatic hydroxyl groups excluding tert-OH is 1. The van der Waals surface area contributed by atoms with E-state index < -0.39 is 21.9 Å². The van der Waals surface area contributed by atoms with Crippen molar-refractivity contribution in [3.05, 3.63) is 68.6 Å². The van der Waals surface area contributed by atoms with Crippen molar-refractivity contribution in [1.82, 2.24) is 15.2 Å². The van der Waals surface area contributed by atoms with Crippen molar-refractivity contribution < 1.29 is 33.0 Å². The van der Waals surface area contributed by atoms with Gasteiger partial charge in [-0.25, -0.2) is 8.42 Å². The molecule has 222 valence electrons. The number of carboxylic acid groups (broad SMARTS) is 1. The minimum Gasteiger partial charge on any atom is -0.489 e. The number of nitrogens with zero attached hydrogens (tertiary/aromatic N) is 1. The van der Waals surface area contributed by atoms with E-state index in [0.717, 1.165) is 13.2 Å². The third-order valence-electron chi connectivity index (χ3n) is 6.23. The number of hydrogen-bond acceptors (Lipinski definition) is 8. The minimum absolute atomic E-state index is 0.0453. The molecule has 41 heavy (non-hydrogen) atoms. The minimum atomic E-state index is -3.65. The maximum Gasteiger partial charge on any atom is 0.300 e. The fourth-order valence-corrected chi connectivity index (χ4v) is 6.11. The maximum atomic E-state index is 12.7. The highest BCUT2D eigenvalue weighted by Gasteiger charge is 2.27. The first kappa shape index (κ1) is 32.4. The quantitative estimate of drug-likeness (QED) is 0.293. The molecule has 1 aliphatic rings. The maximum absolute atomic E-state index is 12.7.